The van der Waals surface area contributed by atoms with E-state index in [1.165, 1.54) is 5.01 Å². The first-order valence-corrected chi connectivity index (χ1v) is 7.74. The standard InChI is InChI=1S/C18H18N2O4/c1-12-4-6-13(7-5-12)14-11-15(16-3-2-10-24-16)20(19-14)17(21)8-9-18(22)23/h2-7,10,15H,8-9,11H2,1H3,(H,22,23)/p-1/t15-/m0/s1. The highest BCUT2D eigenvalue weighted by molar-refractivity contribution is 6.03. The molecule has 2 aromatic rings. The van der Waals surface area contributed by atoms with Gasteiger partial charge in [-0.25, -0.2) is 5.01 Å². The van der Waals surface area contributed by atoms with Crippen molar-refractivity contribution in [2.75, 3.05) is 0 Å². The zero-order chi connectivity index (χ0) is 17.1. The van der Waals surface area contributed by atoms with E-state index in [4.69, 9.17) is 4.42 Å². The quantitative estimate of drug-likeness (QED) is 0.839. The molecule has 0 bridgehead atoms. The van der Waals surface area contributed by atoms with Crippen LogP contribution in [0.25, 0.3) is 0 Å². The largest absolute Gasteiger partial charge is 0.550 e. The van der Waals surface area contributed by atoms with Gasteiger partial charge in [0.1, 0.15) is 11.8 Å². The lowest BCUT2D eigenvalue weighted by atomic mass is 10.0. The number of aliphatic carboxylic acids is 1. The summed E-state index contributed by atoms with van der Waals surface area (Å²) < 4.78 is 5.43. The van der Waals surface area contributed by atoms with E-state index in [1.54, 1.807) is 18.4 Å². The summed E-state index contributed by atoms with van der Waals surface area (Å²) in [5, 5.41) is 16.4. The molecule has 0 aliphatic carbocycles. The SMILES string of the molecule is Cc1ccc(C2=NN(C(=O)CCC(=O)[O-])[C@H](c3ccco3)C2)cc1. The molecule has 0 saturated heterocycles. The molecular weight excluding hydrogens is 308 g/mol. The maximum absolute atomic E-state index is 12.4. The van der Waals surface area contributed by atoms with E-state index in [2.05, 4.69) is 5.10 Å². The molecule has 1 amide bonds. The summed E-state index contributed by atoms with van der Waals surface area (Å²) in [6, 6.07) is 11.1. The molecule has 2 heterocycles. The van der Waals surface area contributed by atoms with E-state index < -0.39 is 5.97 Å². The van der Waals surface area contributed by atoms with Gasteiger partial charge in [0.2, 0.25) is 5.91 Å². The summed E-state index contributed by atoms with van der Waals surface area (Å²) >= 11 is 0. The molecule has 1 aliphatic heterocycles. The minimum Gasteiger partial charge on any atom is -0.550 e. The van der Waals surface area contributed by atoms with Crippen LogP contribution in [0, 0.1) is 6.92 Å². The van der Waals surface area contributed by atoms with Crippen molar-refractivity contribution >= 4 is 17.6 Å². The Bertz CT molecular complexity index is 763. The predicted molar refractivity (Wildman–Crippen MR) is 84.9 cm³/mol. The van der Waals surface area contributed by atoms with Crippen molar-refractivity contribution in [2.24, 2.45) is 5.10 Å². The molecule has 0 unspecified atom stereocenters. The van der Waals surface area contributed by atoms with E-state index in [9.17, 15) is 14.7 Å². The summed E-state index contributed by atoms with van der Waals surface area (Å²) in [4.78, 5) is 23.0. The van der Waals surface area contributed by atoms with Crippen LogP contribution >= 0.6 is 0 Å². The molecule has 1 aliphatic rings. The Morgan fingerprint density at radius 1 is 1.25 bits per heavy atom. The number of benzene rings is 1. The lowest BCUT2D eigenvalue weighted by Gasteiger charge is -2.19. The highest BCUT2D eigenvalue weighted by atomic mass is 16.4. The second-order valence-electron chi connectivity index (χ2n) is 5.76. The van der Waals surface area contributed by atoms with Crippen LogP contribution in [0.3, 0.4) is 0 Å². The number of hydrazone groups is 1. The predicted octanol–water partition coefficient (Wildman–Crippen LogP) is 1.80. The fourth-order valence-corrected chi connectivity index (χ4v) is 2.69. The van der Waals surface area contributed by atoms with Crippen LogP contribution in [0.1, 0.15) is 42.2 Å². The fourth-order valence-electron chi connectivity index (χ4n) is 2.69. The van der Waals surface area contributed by atoms with Gasteiger partial charge in [-0.2, -0.15) is 5.10 Å². The number of hydrogen-bond acceptors (Lipinski definition) is 5. The molecule has 0 fully saturated rings. The lowest BCUT2D eigenvalue weighted by molar-refractivity contribution is -0.305. The molecule has 0 spiro atoms. The summed E-state index contributed by atoms with van der Waals surface area (Å²) in [6.45, 7) is 2.00. The van der Waals surface area contributed by atoms with Crippen molar-refractivity contribution in [1.29, 1.82) is 0 Å². The Kier molecular flexibility index (Phi) is 4.46. The molecule has 1 aromatic carbocycles. The average Bonchev–Trinajstić information content (AvgIpc) is 3.22. The van der Waals surface area contributed by atoms with Crippen LogP contribution in [-0.2, 0) is 9.59 Å². The number of carboxylic acid groups (broad SMARTS) is 1. The fraction of sp³-hybridized carbons (Fsp3) is 0.278. The first-order valence-electron chi connectivity index (χ1n) is 7.74. The van der Waals surface area contributed by atoms with E-state index in [-0.39, 0.29) is 24.8 Å². The third-order valence-corrected chi connectivity index (χ3v) is 3.97. The van der Waals surface area contributed by atoms with E-state index in [1.807, 2.05) is 31.2 Å². The second kappa shape index (κ2) is 6.70. The number of rotatable bonds is 5. The highest BCUT2D eigenvalue weighted by Crippen LogP contribution is 2.33. The van der Waals surface area contributed by atoms with Gasteiger partial charge < -0.3 is 14.3 Å². The number of carbonyl (C=O) groups excluding carboxylic acids is 2. The molecule has 24 heavy (non-hydrogen) atoms. The monoisotopic (exact) mass is 325 g/mol. The third kappa shape index (κ3) is 3.37. The Balaban J connectivity index is 1.86. The van der Waals surface area contributed by atoms with E-state index in [0.29, 0.717) is 12.2 Å². The maximum atomic E-state index is 12.4. The van der Waals surface area contributed by atoms with Gasteiger partial charge in [-0.3, -0.25) is 4.79 Å². The molecule has 0 saturated carbocycles. The van der Waals surface area contributed by atoms with Gasteiger partial charge in [-0.05, 0) is 31.0 Å². The summed E-state index contributed by atoms with van der Waals surface area (Å²) in [6.07, 6.45) is 1.59. The van der Waals surface area contributed by atoms with Gasteiger partial charge in [0.25, 0.3) is 0 Å². The number of nitrogens with zero attached hydrogens (tertiary/aromatic N) is 2. The highest BCUT2D eigenvalue weighted by Gasteiger charge is 2.34. The molecule has 0 N–H and O–H groups in total. The Hall–Kier alpha value is -2.89. The number of furan rings is 1. The van der Waals surface area contributed by atoms with Crippen LogP contribution in [0.2, 0.25) is 0 Å². The van der Waals surface area contributed by atoms with Crippen molar-refractivity contribution in [2.45, 2.75) is 32.2 Å². The third-order valence-electron chi connectivity index (χ3n) is 3.97. The van der Waals surface area contributed by atoms with Crippen molar-refractivity contribution in [3.8, 4) is 0 Å². The van der Waals surface area contributed by atoms with Crippen LogP contribution < -0.4 is 5.11 Å². The van der Waals surface area contributed by atoms with Crippen LogP contribution in [0.5, 0.6) is 0 Å². The minimum absolute atomic E-state index is 0.149. The van der Waals surface area contributed by atoms with Crippen LogP contribution in [0.15, 0.2) is 52.2 Å². The molecule has 124 valence electrons. The van der Waals surface area contributed by atoms with Gasteiger partial charge in [0.15, 0.2) is 0 Å². The summed E-state index contributed by atoms with van der Waals surface area (Å²) in [7, 11) is 0. The summed E-state index contributed by atoms with van der Waals surface area (Å²) in [5.41, 5.74) is 2.85. The van der Waals surface area contributed by atoms with E-state index >= 15 is 0 Å². The zero-order valence-electron chi connectivity index (χ0n) is 13.3. The van der Waals surface area contributed by atoms with Crippen LogP contribution in [0.4, 0.5) is 0 Å². The van der Waals surface area contributed by atoms with Gasteiger partial charge in [-0.15, -0.1) is 0 Å². The lowest BCUT2D eigenvalue weighted by Crippen LogP contribution is -2.29. The second-order valence-corrected chi connectivity index (χ2v) is 5.76. The molecule has 3 rings (SSSR count). The topological polar surface area (TPSA) is 85.9 Å². The Morgan fingerprint density at radius 2 is 2.00 bits per heavy atom. The number of amides is 1. The number of hydrogen-bond donors (Lipinski definition) is 0. The van der Waals surface area contributed by atoms with Crippen molar-refractivity contribution in [1.82, 2.24) is 5.01 Å². The Morgan fingerprint density at radius 3 is 2.62 bits per heavy atom. The molecule has 1 atom stereocenters. The summed E-state index contributed by atoms with van der Waals surface area (Å²) in [5.74, 6) is -0.981. The van der Waals surface area contributed by atoms with E-state index in [0.717, 1.165) is 16.8 Å². The van der Waals surface area contributed by atoms with Crippen molar-refractivity contribution < 1.29 is 19.1 Å². The van der Waals surface area contributed by atoms with Gasteiger partial charge in [0.05, 0.1) is 12.0 Å². The first-order chi connectivity index (χ1) is 11.5. The van der Waals surface area contributed by atoms with Gasteiger partial charge in [-0.1, -0.05) is 29.8 Å². The molecule has 0 radical (unpaired) electrons. The first kappa shape index (κ1) is 16.0. The zero-order valence-corrected chi connectivity index (χ0v) is 13.3. The molecule has 6 nitrogen and oxygen atoms in total. The molecule has 1 aromatic heterocycles. The molecule has 6 heteroatoms. The molecular formula is C18H17N2O4-. The number of carboxylic acids is 1. The number of carbonyl (C=O) groups is 2. The Labute approximate surface area is 139 Å². The normalized spacial score (nSPS) is 17.0. The smallest absolute Gasteiger partial charge is 0.243 e. The van der Waals surface area contributed by atoms with Gasteiger partial charge >= 0.3 is 0 Å². The van der Waals surface area contributed by atoms with Crippen molar-refractivity contribution in [3.63, 3.8) is 0 Å². The minimum atomic E-state index is -1.25. The van der Waals surface area contributed by atoms with Gasteiger partial charge in [0, 0.05) is 18.8 Å². The maximum Gasteiger partial charge on any atom is 0.243 e. The van der Waals surface area contributed by atoms with Crippen LogP contribution in [-0.4, -0.2) is 22.6 Å². The van der Waals surface area contributed by atoms with Crippen molar-refractivity contribution in [3.05, 3.63) is 59.5 Å². The number of aryl methyl sites for hydroxylation is 1. The average molecular weight is 325 g/mol.